The quantitative estimate of drug-likeness (QED) is 0.601. The Morgan fingerprint density at radius 1 is 1.27 bits per heavy atom. The molecule has 0 atom stereocenters. The first-order valence-electron chi connectivity index (χ1n) is 3.62. The number of thiophene rings is 1. The van der Waals surface area contributed by atoms with Crippen LogP contribution in [-0.4, -0.2) is 10.2 Å². The Balaban J connectivity index is 0.000000281. The number of rotatable bonds is 0. The van der Waals surface area contributed by atoms with Crippen molar-refractivity contribution in [3.05, 3.63) is 23.7 Å². The summed E-state index contributed by atoms with van der Waals surface area (Å²) in [5.74, 6) is 0. The maximum atomic E-state index is 3.91. The molecule has 0 unspecified atom stereocenters. The van der Waals surface area contributed by atoms with Crippen LogP contribution in [0.4, 0.5) is 0 Å². The highest BCUT2D eigenvalue weighted by Crippen LogP contribution is 2.15. The zero-order chi connectivity index (χ0) is 8.10. The minimum Gasteiger partial charge on any atom is -0.158 e. The highest BCUT2D eigenvalue weighted by atomic mass is 32.1. The van der Waals surface area contributed by atoms with Gasteiger partial charge in [-0.25, -0.2) is 0 Å². The standard InChI is InChI=1S/C6H4N2S.C2H6/c1-3-7-8-6-5(1)2-4-9-6;1-2/h1-4H;1-2H3. The zero-order valence-electron chi connectivity index (χ0n) is 6.61. The topological polar surface area (TPSA) is 25.8 Å². The molecular weight excluding hydrogens is 156 g/mol. The van der Waals surface area contributed by atoms with E-state index in [1.54, 1.807) is 17.5 Å². The third-order valence-corrected chi connectivity index (χ3v) is 1.96. The molecule has 3 heteroatoms. The van der Waals surface area contributed by atoms with Gasteiger partial charge in [-0.05, 0) is 17.5 Å². The maximum Gasteiger partial charge on any atom is 0.146 e. The second kappa shape index (κ2) is 4.03. The number of hydrogen-bond donors (Lipinski definition) is 0. The third kappa shape index (κ3) is 1.74. The number of nitrogens with zero attached hydrogens (tertiary/aromatic N) is 2. The average Bonchev–Trinajstić information content (AvgIpc) is 2.55. The van der Waals surface area contributed by atoms with Gasteiger partial charge in [0, 0.05) is 5.39 Å². The van der Waals surface area contributed by atoms with Crippen molar-refractivity contribution in [1.82, 2.24) is 10.2 Å². The molecule has 0 saturated carbocycles. The summed E-state index contributed by atoms with van der Waals surface area (Å²) >= 11 is 1.61. The Labute approximate surface area is 69.9 Å². The van der Waals surface area contributed by atoms with Crippen molar-refractivity contribution in [3.8, 4) is 0 Å². The van der Waals surface area contributed by atoms with Gasteiger partial charge in [0.25, 0.3) is 0 Å². The fourth-order valence-electron chi connectivity index (χ4n) is 0.719. The van der Waals surface area contributed by atoms with Crippen LogP contribution in [0.25, 0.3) is 10.2 Å². The lowest BCUT2D eigenvalue weighted by molar-refractivity contribution is 1.09. The molecule has 2 aromatic heterocycles. The molecule has 0 spiro atoms. The monoisotopic (exact) mass is 166 g/mol. The van der Waals surface area contributed by atoms with Crippen LogP contribution in [0.5, 0.6) is 0 Å². The Morgan fingerprint density at radius 3 is 2.82 bits per heavy atom. The summed E-state index contributed by atoms with van der Waals surface area (Å²) in [4.78, 5) is 1.01. The van der Waals surface area contributed by atoms with Crippen LogP contribution in [0, 0.1) is 0 Å². The lowest BCUT2D eigenvalue weighted by Gasteiger charge is -1.80. The third-order valence-electron chi connectivity index (χ3n) is 1.14. The first kappa shape index (κ1) is 8.14. The van der Waals surface area contributed by atoms with Gasteiger partial charge in [-0.2, -0.15) is 5.10 Å². The molecule has 0 aliphatic heterocycles. The maximum absolute atomic E-state index is 3.91. The lowest BCUT2D eigenvalue weighted by atomic mass is 10.4. The number of hydrogen-bond acceptors (Lipinski definition) is 3. The van der Waals surface area contributed by atoms with Crippen molar-refractivity contribution in [1.29, 1.82) is 0 Å². The summed E-state index contributed by atoms with van der Waals surface area (Å²) < 4.78 is 0. The SMILES string of the molecule is CC.c1cc2ccsc2nn1. The second-order valence-corrected chi connectivity index (χ2v) is 2.61. The summed E-state index contributed by atoms with van der Waals surface area (Å²) in [5, 5.41) is 10.8. The second-order valence-electron chi connectivity index (χ2n) is 1.71. The molecule has 0 aliphatic carbocycles. The molecule has 0 aromatic carbocycles. The van der Waals surface area contributed by atoms with E-state index in [1.165, 1.54) is 5.39 Å². The van der Waals surface area contributed by atoms with Crippen LogP contribution < -0.4 is 0 Å². The van der Waals surface area contributed by atoms with Crippen LogP contribution in [0.1, 0.15) is 13.8 Å². The van der Waals surface area contributed by atoms with Gasteiger partial charge in [0.15, 0.2) is 0 Å². The first-order chi connectivity index (χ1) is 5.47. The molecule has 0 radical (unpaired) electrons. The molecule has 0 N–H and O–H groups in total. The minimum atomic E-state index is 1.01. The van der Waals surface area contributed by atoms with Gasteiger partial charge in [-0.15, -0.1) is 16.4 Å². The minimum absolute atomic E-state index is 1.01. The summed E-state index contributed by atoms with van der Waals surface area (Å²) in [6.07, 6.45) is 1.70. The van der Waals surface area contributed by atoms with E-state index in [1.807, 2.05) is 31.4 Å². The van der Waals surface area contributed by atoms with E-state index < -0.39 is 0 Å². The predicted octanol–water partition coefficient (Wildman–Crippen LogP) is 2.72. The molecule has 58 valence electrons. The molecule has 2 heterocycles. The molecule has 2 aromatic rings. The lowest BCUT2D eigenvalue weighted by Crippen LogP contribution is -1.73. The summed E-state index contributed by atoms with van der Waals surface area (Å²) in [6, 6.07) is 3.99. The Kier molecular flexibility index (Phi) is 2.98. The first-order valence-corrected chi connectivity index (χ1v) is 4.50. The van der Waals surface area contributed by atoms with Gasteiger partial charge in [-0.3, -0.25) is 0 Å². The molecule has 0 aliphatic rings. The van der Waals surface area contributed by atoms with Gasteiger partial charge in [0.05, 0.1) is 6.20 Å². The van der Waals surface area contributed by atoms with Crippen molar-refractivity contribution >= 4 is 21.6 Å². The number of aromatic nitrogens is 2. The molecule has 0 saturated heterocycles. The summed E-state index contributed by atoms with van der Waals surface area (Å²) in [5.41, 5.74) is 0. The van der Waals surface area contributed by atoms with Gasteiger partial charge in [0.1, 0.15) is 4.83 Å². The zero-order valence-corrected chi connectivity index (χ0v) is 7.43. The average molecular weight is 166 g/mol. The van der Waals surface area contributed by atoms with Gasteiger partial charge < -0.3 is 0 Å². The fourth-order valence-corrected chi connectivity index (χ4v) is 1.43. The molecular formula is C8H10N2S. The molecule has 2 nitrogen and oxygen atoms in total. The Hall–Kier alpha value is -0.960. The molecule has 2 rings (SSSR count). The number of fused-ring (bicyclic) bond motifs is 1. The van der Waals surface area contributed by atoms with Gasteiger partial charge >= 0.3 is 0 Å². The summed E-state index contributed by atoms with van der Waals surface area (Å²) in [7, 11) is 0. The smallest absolute Gasteiger partial charge is 0.146 e. The normalized spacial score (nSPS) is 8.91. The van der Waals surface area contributed by atoms with Crippen LogP contribution >= 0.6 is 11.3 Å². The van der Waals surface area contributed by atoms with Gasteiger partial charge in [-0.1, -0.05) is 13.8 Å². The molecule has 11 heavy (non-hydrogen) atoms. The Morgan fingerprint density at radius 2 is 2.09 bits per heavy atom. The van der Waals surface area contributed by atoms with Crippen LogP contribution in [-0.2, 0) is 0 Å². The van der Waals surface area contributed by atoms with E-state index in [9.17, 15) is 0 Å². The van der Waals surface area contributed by atoms with E-state index >= 15 is 0 Å². The molecule has 0 bridgehead atoms. The van der Waals surface area contributed by atoms with Crippen LogP contribution in [0.3, 0.4) is 0 Å². The van der Waals surface area contributed by atoms with Crippen molar-refractivity contribution < 1.29 is 0 Å². The molecule has 0 amide bonds. The highest BCUT2D eigenvalue weighted by molar-refractivity contribution is 7.16. The van der Waals surface area contributed by atoms with Crippen molar-refractivity contribution in [2.24, 2.45) is 0 Å². The van der Waals surface area contributed by atoms with Crippen molar-refractivity contribution in [3.63, 3.8) is 0 Å². The van der Waals surface area contributed by atoms with E-state index in [0.29, 0.717) is 0 Å². The van der Waals surface area contributed by atoms with Gasteiger partial charge in [0.2, 0.25) is 0 Å². The van der Waals surface area contributed by atoms with E-state index in [2.05, 4.69) is 10.2 Å². The van der Waals surface area contributed by atoms with Crippen molar-refractivity contribution in [2.45, 2.75) is 13.8 Å². The van der Waals surface area contributed by atoms with Crippen molar-refractivity contribution in [2.75, 3.05) is 0 Å². The Bertz CT molecular complexity index is 286. The van der Waals surface area contributed by atoms with Crippen LogP contribution in [0.2, 0.25) is 0 Å². The largest absolute Gasteiger partial charge is 0.158 e. The van der Waals surface area contributed by atoms with E-state index in [-0.39, 0.29) is 0 Å². The van der Waals surface area contributed by atoms with Crippen LogP contribution in [0.15, 0.2) is 23.7 Å². The molecule has 0 fully saturated rings. The predicted molar refractivity (Wildman–Crippen MR) is 48.8 cm³/mol. The fraction of sp³-hybridized carbons (Fsp3) is 0.250. The highest BCUT2D eigenvalue weighted by Gasteiger charge is 1.90. The van der Waals surface area contributed by atoms with E-state index in [0.717, 1.165) is 4.83 Å². The summed E-state index contributed by atoms with van der Waals surface area (Å²) in [6.45, 7) is 4.00. The van der Waals surface area contributed by atoms with E-state index in [4.69, 9.17) is 0 Å².